The van der Waals surface area contributed by atoms with Crippen molar-refractivity contribution in [2.45, 2.75) is 13.3 Å². The van der Waals surface area contributed by atoms with Gasteiger partial charge in [0.2, 0.25) is 5.95 Å². The van der Waals surface area contributed by atoms with Crippen LogP contribution >= 0.6 is 0 Å². The topological polar surface area (TPSA) is 67.4 Å². The van der Waals surface area contributed by atoms with E-state index in [1.165, 1.54) is 5.56 Å². The highest BCUT2D eigenvalue weighted by Gasteiger charge is 2.14. The van der Waals surface area contributed by atoms with Crippen molar-refractivity contribution in [3.8, 4) is 0 Å². The summed E-state index contributed by atoms with van der Waals surface area (Å²) < 4.78 is 5.31. The predicted molar refractivity (Wildman–Crippen MR) is 88.8 cm³/mol. The smallest absolute Gasteiger partial charge is 0.258 e. The van der Waals surface area contributed by atoms with Gasteiger partial charge < -0.3 is 15.0 Å². The van der Waals surface area contributed by atoms with Gasteiger partial charge in [0.1, 0.15) is 0 Å². The molecule has 0 spiro atoms. The van der Waals surface area contributed by atoms with E-state index < -0.39 is 0 Å². The van der Waals surface area contributed by atoms with Gasteiger partial charge in [-0.2, -0.15) is 0 Å². The number of ether oxygens (including phenoxy) is 1. The normalized spacial score (nSPS) is 14.6. The van der Waals surface area contributed by atoms with E-state index in [4.69, 9.17) is 4.74 Å². The molecule has 3 rings (SSSR count). The van der Waals surface area contributed by atoms with Gasteiger partial charge in [0, 0.05) is 31.2 Å². The van der Waals surface area contributed by atoms with E-state index in [1.54, 1.807) is 12.4 Å². The predicted octanol–water partition coefficient (Wildman–Crippen LogP) is 2.13. The van der Waals surface area contributed by atoms with Crippen LogP contribution in [0.1, 0.15) is 22.8 Å². The maximum Gasteiger partial charge on any atom is 0.258 e. The summed E-state index contributed by atoms with van der Waals surface area (Å²) in [5.41, 5.74) is 2.41. The maximum atomic E-state index is 12.3. The average Bonchev–Trinajstić information content (AvgIpc) is 2.63. The lowest BCUT2D eigenvalue weighted by atomic mass is 10.1. The summed E-state index contributed by atoms with van der Waals surface area (Å²) in [6.45, 7) is 4.99. The number of amides is 1. The minimum Gasteiger partial charge on any atom is -0.378 e. The Morgan fingerprint density at radius 3 is 2.70 bits per heavy atom. The summed E-state index contributed by atoms with van der Waals surface area (Å²) in [7, 11) is 0. The zero-order chi connectivity index (χ0) is 16.1. The number of hydrogen-bond acceptors (Lipinski definition) is 5. The van der Waals surface area contributed by atoms with E-state index in [1.807, 2.05) is 24.3 Å². The Kier molecular flexibility index (Phi) is 4.83. The number of hydrogen-bond donors (Lipinski definition) is 1. The molecule has 1 aliphatic rings. The number of nitrogens with one attached hydrogen (secondary N) is 1. The number of aryl methyl sites for hydroxylation is 1. The number of benzene rings is 1. The lowest BCUT2D eigenvalue weighted by Crippen LogP contribution is -2.37. The molecule has 1 aromatic carbocycles. The summed E-state index contributed by atoms with van der Waals surface area (Å²) in [5.74, 6) is 0.435. The molecule has 1 aliphatic heterocycles. The van der Waals surface area contributed by atoms with Crippen LogP contribution in [0.15, 0.2) is 36.7 Å². The van der Waals surface area contributed by atoms with Crippen molar-refractivity contribution in [1.29, 1.82) is 0 Å². The number of carbonyl (C=O) groups excluding carboxylic acids is 1. The van der Waals surface area contributed by atoms with E-state index in [0.717, 1.165) is 25.2 Å². The third kappa shape index (κ3) is 3.84. The first-order valence-corrected chi connectivity index (χ1v) is 7.81. The number of morpholine rings is 1. The van der Waals surface area contributed by atoms with E-state index in [-0.39, 0.29) is 5.91 Å². The second-order valence-electron chi connectivity index (χ2n) is 5.38. The van der Waals surface area contributed by atoms with E-state index in [2.05, 4.69) is 27.1 Å². The SMILES string of the molecule is CCc1cccc(NC(=O)c2cnc(N3CCOCC3)nc2)c1. The lowest BCUT2D eigenvalue weighted by molar-refractivity contribution is 0.102. The number of nitrogens with zero attached hydrogens (tertiary/aromatic N) is 3. The van der Waals surface area contributed by atoms with Crippen LogP contribution in [-0.4, -0.2) is 42.2 Å². The Balaban J connectivity index is 1.67. The van der Waals surface area contributed by atoms with Crippen LogP contribution in [0.3, 0.4) is 0 Å². The van der Waals surface area contributed by atoms with E-state index >= 15 is 0 Å². The lowest BCUT2D eigenvalue weighted by Gasteiger charge is -2.26. The summed E-state index contributed by atoms with van der Waals surface area (Å²) in [4.78, 5) is 22.9. The van der Waals surface area contributed by atoms with Crippen molar-refractivity contribution >= 4 is 17.5 Å². The molecule has 2 aromatic rings. The van der Waals surface area contributed by atoms with Crippen LogP contribution in [0.25, 0.3) is 0 Å². The standard InChI is InChI=1S/C17H20N4O2/c1-2-13-4-3-5-15(10-13)20-16(22)14-11-18-17(19-12-14)21-6-8-23-9-7-21/h3-5,10-12H,2,6-9H2,1H3,(H,20,22). The summed E-state index contributed by atoms with van der Waals surface area (Å²) >= 11 is 0. The third-order valence-corrected chi connectivity index (χ3v) is 3.79. The van der Waals surface area contributed by atoms with Gasteiger partial charge in [0.25, 0.3) is 5.91 Å². The van der Waals surface area contributed by atoms with Gasteiger partial charge in [-0.25, -0.2) is 9.97 Å². The second kappa shape index (κ2) is 7.19. The van der Waals surface area contributed by atoms with Crippen LogP contribution in [-0.2, 0) is 11.2 Å². The molecule has 0 atom stereocenters. The van der Waals surface area contributed by atoms with Crippen molar-refractivity contribution in [2.24, 2.45) is 0 Å². The molecular formula is C17H20N4O2. The monoisotopic (exact) mass is 312 g/mol. The molecule has 6 heteroatoms. The first kappa shape index (κ1) is 15.4. The molecular weight excluding hydrogens is 292 g/mol. The van der Waals surface area contributed by atoms with Crippen molar-refractivity contribution in [1.82, 2.24) is 9.97 Å². The highest BCUT2D eigenvalue weighted by atomic mass is 16.5. The Morgan fingerprint density at radius 2 is 2.00 bits per heavy atom. The molecule has 0 bridgehead atoms. The van der Waals surface area contributed by atoms with Gasteiger partial charge in [-0.05, 0) is 24.1 Å². The van der Waals surface area contributed by atoms with Gasteiger partial charge in [0.15, 0.2) is 0 Å². The molecule has 1 amide bonds. The number of aromatic nitrogens is 2. The molecule has 1 N–H and O–H groups in total. The number of rotatable bonds is 4. The molecule has 23 heavy (non-hydrogen) atoms. The van der Waals surface area contributed by atoms with Gasteiger partial charge in [-0.1, -0.05) is 19.1 Å². The molecule has 1 fully saturated rings. The highest BCUT2D eigenvalue weighted by Crippen LogP contribution is 2.14. The molecule has 120 valence electrons. The molecule has 1 aromatic heterocycles. The molecule has 0 aliphatic carbocycles. The van der Waals surface area contributed by atoms with Crippen LogP contribution < -0.4 is 10.2 Å². The quantitative estimate of drug-likeness (QED) is 0.937. The van der Waals surface area contributed by atoms with Crippen molar-refractivity contribution in [3.05, 3.63) is 47.8 Å². The van der Waals surface area contributed by atoms with Crippen molar-refractivity contribution in [2.75, 3.05) is 36.5 Å². The number of carbonyl (C=O) groups is 1. The van der Waals surface area contributed by atoms with E-state index in [9.17, 15) is 4.79 Å². The third-order valence-electron chi connectivity index (χ3n) is 3.79. The number of anilines is 2. The molecule has 0 unspecified atom stereocenters. The van der Waals surface area contributed by atoms with Crippen molar-refractivity contribution < 1.29 is 9.53 Å². The van der Waals surface area contributed by atoms with Crippen LogP contribution in [0.4, 0.5) is 11.6 Å². The minimum atomic E-state index is -0.202. The van der Waals surface area contributed by atoms with Crippen LogP contribution in [0.5, 0.6) is 0 Å². The molecule has 2 heterocycles. The minimum absolute atomic E-state index is 0.202. The molecule has 1 saturated heterocycles. The fourth-order valence-electron chi connectivity index (χ4n) is 2.44. The molecule has 6 nitrogen and oxygen atoms in total. The first-order chi connectivity index (χ1) is 11.3. The molecule has 0 radical (unpaired) electrons. The van der Waals surface area contributed by atoms with E-state index in [0.29, 0.717) is 24.7 Å². The summed E-state index contributed by atoms with van der Waals surface area (Å²) in [6.07, 6.45) is 4.06. The zero-order valence-corrected chi connectivity index (χ0v) is 13.2. The summed E-state index contributed by atoms with van der Waals surface area (Å²) in [5, 5.41) is 2.88. The fourth-order valence-corrected chi connectivity index (χ4v) is 2.44. The second-order valence-corrected chi connectivity index (χ2v) is 5.38. The largest absolute Gasteiger partial charge is 0.378 e. The van der Waals surface area contributed by atoms with Gasteiger partial charge in [-0.3, -0.25) is 4.79 Å². The Morgan fingerprint density at radius 1 is 1.26 bits per heavy atom. The maximum absolute atomic E-state index is 12.3. The summed E-state index contributed by atoms with van der Waals surface area (Å²) in [6, 6.07) is 7.82. The van der Waals surface area contributed by atoms with Gasteiger partial charge >= 0.3 is 0 Å². The van der Waals surface area contributed by atoms with Crippen LogP contribution in [0, 0.1) is 0 Å². The van der Waals surface area contributed by atoms with Gasteiger partial charge in [0.05, 0.1) is 18.8 Å². The average molecular weight is 312 g/mol. The Hall–Kier alpha value is -2.47. The zero-order valence-electron chi connectivity index (χ0n) is 13.2. The highest BCUT2D eigenvalue weighted by molar-refractivity contribution is 6.03. The van der Waals surface area contributed by atoms with Crippen molar-refractivity contribution in [3.63, 3.8) is 0 Å². The first-order valence-electron chi connectivity index (χ1n) is 7.81. The fraction of sp³-hybridized carbons (Fsp3) is 0.353. The van der Waals surface area contributed by atoms with Crippen LogP contribution in [0.2, 0.25) is 0 Å². The Labute approximate surface area is 135 Å². The molecule has 0 saturated carbocycles. The van der Waals surface area contributed by atoms with Gasteiger partial charge in [-0.15, -0.1) is 0 Å². The Bertz CT molecular complexity index is 667.